The molecule has 0 saturated carbocycles. The molecule has 2 N–H and O–H groups in total. The molecule has 26 heavy (non-hydrogen) atoms. The van der Waals surface area contributed by atoms with Gasteiger partial charge in [0.1, 0.15) is 5.52 Å². The van der Waals surface area contributed by atoms with Crippen LogP contribution in [0.2, 0.25) is 10.0 Å². The third kappa shape index (κ3) is 3.14. The lowest BCUT2D eigenvalue weighted by Gasteiger charge is -2.07. The second-order valence-corrected chi connectivity index (χ2v) is 6.33. The summed E-state index contributed by atoms with van der Waals surface area (Å²) in [5.41, 5.74) is 2.22. The molecule has 4 aromatic rings. The minimum absolute atomic E-state index is 0.291. The predicted molar refractivity (Wildman–Crippen MR) is 101 cm³/mol. The highest BCUT2D eigenvalue weighted by Crippen LogP contribution is 2.23. The fraction of sp³-hybridized carbons (Fsp3) is 0.0588. The van der Waals surface area contributed by atoms with Crippen molar-refractivity contribution in [1.29, 1.82) is 0 Å². The fourth-order valence-corrected chi connectivity index (χ4v) is 2.87. The average molecular weight is 387 g/mol. The molecule has 3 aromatic heterocycles. The third-order valence-electron chi connectivity index (χ3n) is 3.78. The summed E-state index contributed by atoms with van der Waals surface area (Å²) in [5, 5.41) is 8.29. The number of nitrogens with zero attached hydrogens (tertiary/aromatic N) is 4. The number of aromatic amines is 1. The lowest BCUT2D eigenvalue weighted by molar-refractivity contribution is 0.900. The van der Waals surface area contributed by atoms with E-state index in [0.717, 1.165) is 11.3 Å². The molecule has 7 nitrogen and oxygen atoms in total. The molecule has 0 aliphatic heterocycles. The Hall–Kier alpha value is -2.90. The first-order valence-electron chi connectivity index (χ1n) is 7.68. The largest absolute Gasteiger partial charge is 0.352 e. The number of halogens is 2. The van der Waals surface area contributed by atoms with E-state index >= 15 is 0 Å². The maximum atomic E-state index is 12.5. The number of aromatic nitrogens is 5. The standard InChI is InChI=1S/C17H12Cl2N6O/c18-12-2-1-10(7-13(12)19)8-21-17-23-14-9-22-25(15(14)16(26)24-17)11-3-5-20-6-4-11/h1-7,9H,8H2,(H2,21,23,24,26). The molecule has 4 rings (SSSR count). The van der Waals surface area contributed by atoms with Crippen LogP contribution in [0.3, 0.4) is 0 Å². The van der Waals surface area contributed by atoms with Gasteiger partial charge < -0.3 is 5.32 Å². The van der Waals surface area contributed by atoms with Crippen LogP contribution in [-0.2, 0) is 6.54 Å². The summed E-state index contributed by atoms with van der Waals surface area (Å²) in [6.07, 6.45) is 4.82. The minimum atomic E-state index is -0.291. The quantitative estimate of drug-likeness (QED) is 0.560. The van der Waals surface area contributed by atoms with Crippen molar-refractivity contribution in [1.82, 2.24) is 24.7 Å². The summed E-state index contributed by atoms with van der Waals surface area (Å²) in [6.45, 7) is 0.434. The maximum absolute atomic E-state index is 12.5. The first-order chi connectivity index (χ1) is 12.6. The highest BCUT2D eigenvalue weighted by molar-refractivity contribution is 6.42. The van der Waals surface area contributed by atoms with Crippen LogP contribution >= 0.6 is 23.2 Å². The molecule has 0 radical (unpaired) electrons. The number of nitrogens with one attached hydrogen (secondary N) is 2. The normalized spacial score (nSPS) is 11.0. The number of benzene rings is 1. The Bertz CT molecular complexity index is 1140. The summed E-state index contributed by atoms with van der Waals surface area (Å²) in [7, 11) is 0. The Morgan fingerprint density at radius 3 is 2.69 bits per heavy atom. The van der Waals surface area contributed by atoms with Crippen LogP contribution in [0.1, 0.15) is 5.56 Å². The molecular weight excluding hydrogens is 375 g/mol. The topological polar surface area (TPSA) is 88.5 Å². The zero-order chi connectivity index (χ0) is 18.1. The molecule has 0 bridgehead atoms. The molecule has 0 saturated heterocycles. The van der Waals surface area contributed by atoms with Gasteiger partial charge in [-0.3, -0.25) is 14.8 Å². The van der Waals surface area contributed by atoms with Crippen LogP contribution in [0, 0.1) is 0 Å². The molecule has 9 heteroatoms. The van der Waals surface area contributed by atoms with Crippen molar-refractivity contribution in [3.63, 3.8) is 0 Å². The van der Waals surface area contributed by atoms with E-state index in [4.69, 9.17) is 23.2 Å². The highest BCUT2D eigenvalue weighted by Gasteiger charge is 2.12. The van der Waals surface area contributed by atoms with Crippen LogP contribution < -0.4 is 10.9 Å². The maximum Gasteiger partial charge on any atom is 0.278 e. The summed E-state index contributed by atoms with van der Waals surface area (Å²) >= 11 is 11.9. The van der Waals surface area contributed by atoms with Crippen LogP contribution in [-0.4, -0.2) is 24.7 Å². The molecule has 0 spiro atoms. The summed E-state index contributed by atoms with van der Waals surface area (Å²) in [6, 6.07) is 8.86. The van der Waals surface area contributed by atoms with E-state index in [2.05, 4.69) is 25.4 Å². The molecular formula is C17H12Cl2N6O. The van der Waals surface area contributed by atoms with E-state index in [-0.39, 0.29) is 5.56 Å². The Morgan fingerprint density at radius 2 is 1.92 bits per heavy atom. The van der Waals surface area contributed by atoms with Crippen LogP contribution in [0.5, 0.6) is 0 Å². The van der Waals surface area contributed by atoms with Crippen LogP contribution in [0.25, 0.3) is 16.7 Å². The first kappa shape index (κ1) is 16.6. The van der Waals surface area contributed by atoms with Gasteiger partial charge in [0.2, 0.25) is 5.95 Å². The lowest BCUT2D eigenvalue weighted by atomic mass is 10.2. The molecule has 130 valence electrons. The predicted octanol–water partition coefficient (Wildman–Crippen LogP) is 3.42. The van der Waals surface area contributed by atoms with Gasteiger partial charge >= 0.3 is 0 Å². The van der Waals surface area contributed by atoms with Crippen LogP contribution in [0.4, 0.5) is 5.95 Å². The van der Waals surface area contributed by atoms with Crippen molar-refractivity contribution in [2.45, 2.75) is 6.54 Å². The zero-order valence-corrected chi connectivity index (χ0v) is 14.8. The summed E-state index contributed by atoms with van der Waals surface area (Å²) < 4.78 is 1.53. The number of pyridine rings is 1. The van der Waals surface area contributed by atoms with Crippen molar-refractivity contribution >= 4 is 40.2 Å². The summed E-state index contributed by atoms with van der Waals surface area (Å²) in [5.74, 6) is 0.350. The van der Waals surface area contributed by atoms with E-state index in [0.29, 0.717) is 33.6 Å². The van der Waals surface area contributed by atoms with Gasteiger partial charge in [0, 0.05) is 18.9 Å². The second kappa shape index (κ2) is 6.78. The molecule has 0 aliphatic carbocycles. The van der Waals surface area contributed by atoms with Gasteiger partial charge in [0.05, 0.1) is 21.9 Å². The Labute approximate surface area is 157 Å². The van der Waals surface area contributed by atoms with E-state index in [1.165, 1.54) is 4.68 Å². The van der Waals surface area contributed by atoms with E-state index < -0.39 is 0 Å². The van der Waals surface area contributed by atoms with Gasteiger partial charge in [-0.25, -0.2) is 9.67 Å². The second-order valence-electron chi connectivity index (χ2n) is 5.51. The fourth-order valence-electron chi connectivity index (χ4n) is 2.55. The Kier molecular flexibility index (Phi) is 4.32. The van der Waals surface area contributed by atoms with Gasteiger partial charge in [-0.05, 0) is 29.8 Å². The van der Waals surface area contributed by atoms with E-state index in [1.54, 1.807) is 42.9 Å². The smallest absolute Gasteiger partial charge is 0.278 e. The van der Waals surface area contributed by atoms with E-state index in [9.17, 15) is 4.79 Å². The number of anilines is 1. The highest BCUT2D eigenvalue weighted by atomic mass is 35.5. The molecule has 0 amide bonds. The number of rotatable bonds is 4. The van der Waals surface area contributed by atoms with Crippen molar-refractivity contribution in [2.24, 2.45) is 0 Å². The number of hydrogen-bond acceptors (Lipinski definition) is 5. The van der Waals surface area contributed by atoms with Crippen molar-refractivity contribution < 1.29 is 0 Å². The van der Waals surface area contributed by atoms with Gasteiger partial charge in [0.25, 0.3) is 5.56 Å². The van der Waals surface area contributed by atoms with E-state index in [1.807, 2.05) is 6.07 Å². The number of fused-ring (bicyclic) bond motifs is 1. The van der Waals surface area contributed by atoms with Crippen molar-refractivity contribution in [2.75, 3.05) is 5.32 Å². The van der Waals surface area contributed by atoms with Crippen molar-refractivity contribution in [3.05, 3.63) is 74.9 Å². The third-order valence-corrected chi connectivity index (χ3v) is 4.52. The lowest BCUT2D eigenvalue weighted by Crippen LogP contribution is -2.15. The van der Waals surface area contributed by atoms with Gasteiger partial charge in [-0.1, -0.05) is 29.3 Å². The molecule has 3 heterocycles. The van der Waals surface area contributed by atoms with Gasteiger partial charge in [0.15, 0.2) is 5.52 Å². The number of hydrogen-bond donors (Lipinski definition) is 2. The molecule has 0 atom stereocenters. The monoisotopic (exact) mass is 386 g/mol. The Balaban J connectivity index is 1.64. The number of H-pyrrole nitrogens is 1. The molecule has 0 fully saturated rings. The minimum Gasteiger partial charge on any atom is -0.352 e. The van der Waals surface area contributed by atoms with Crippen molar-refractivity contribution in [3.8, 4) is 5.69 Å². The summed E-state index contributed by atoms with van der Waals surface area (Å²) in [4.78, 5) is 23.6. The zero-order valence-electron chi connectivity index (χ0n) is 13.3. The molecule has 1 aromatic carbocycles. The van der Waals surface area contributed by atoms with Gasteiger partial charge in [-0.15, -0.1) is 0 Å². The van der Waals surface area contributed by atoms with Crippen LogP contribution in [0.15, 0.2) is 53.7 Å². The Morgan fingerprint density at radius 1 is 1.12 bits per heavy atom. The average Bonchev–Trinajstić information content (AvgIpc) is 3.08. The SMILES string of the molecule is O=c1[nH]c(NCc2ccc(Cl)c(Cl)c2)nc2cnn(-c3ccncc3)c12. The first-order valence-corrected chi connectivity index (χ1v) is 8.43. The molecule has 0 aliphatic rings. The van der Waals surface area contributed by atoms with Gasteiger partial charge in [-0.2, -0.15) is 5.10 Å². The molecule has 0 unspecified atom stereocenters.